The van der Waals surface area contributed by atoms with Gasteiger partial charge in [-0.3, -0.25) is 9.78 Å². The van der Waals surface area contributed by atoms with Crippen LogP contribution in [0.4, 0.5) is 14.6 Å². The standard InChI is InChI=1S/C18H14F2N4O/c19-13-8-14(10-21-9-13)24-11-15(20)16(23-24)22-17(25)18(6-7-18)12-4-2-1-3-5-12/h1-5,8-11H,6-7H2,(H,22,23,25). The van der Waals surface area contributed by atoms with E-state index < -0.39 is 17.0 Å². The lowest BCUT2D eigenvalue weighted by atomic mass is 9.95. The molecule has 25 heavy (non-hydrogen) atoms. The van der Waals surface area contributed by atoms with Crippen LogP contribution >= 0.6 is 0 Å². The molecule has 1 amide bonds. The van der Waals surface area contributed by atoms with Gasteiger partial charge in [0.05, 0.1) is 29.7 Å². The molecule has 0 spiro atoms. The Hall–Kier alpha value is -3.09. The van der Waals surface area contributed by atoms with Crippen LogP contribution in [0.2, 0.25) is 0 Å². The minimum Gasteiger partial charge on any atom is -0.306 e. The van der Waals surface area contributed by atoms with Gasteiger partial charge in [-0.15, -0.1) is 5.10 Å². The molecule has 7 heteroatoms. The number of amides is 1. The van der Waals surface area contributed by atoms with E-state index in [1.807, 2.05) is 30.3 Å². The fraction of sp³-hybridized carbons (Fsp3) is 0.167. The Labute approximate surface area is 142 Å². The van der Waals surface area contributed by atoms with E-state index in [0.717, 1.165) is 22.6 Å². The molecule has 1 aromatic carbocycles. The second kappa shape index (κ2) is 5.77. The molecule has 2 heterocycles. The van der Waals surface area contributed by atoms with Gasteiger partial charge in [-0.1, -0.05) is 30.3 Å². The molecule has 1 fully saturated rings. The summed E-state index contributed by atoms with van der Waals surface area (Å²) in [5.74, 6) is -1.72. The number of carbonyl (C=O) groups excluding carboxylic acids is 1. The maximum absolute atomic E-state index is 14.2. The van der Waals surface area contributed by atoms with E-state index in [2.05, 4.69) is 15.4 Å². The molecule has 5 nitrogen and oxygen atoms in total. The van der Waals surface area contributed by atoms with Crippen molar-refractivity contribution >= 4 is 11.7 Å². The fourth-order valence-electron chi connectivity index (χ4n) is 2.85. The second-order valence-electron chi connectivity index (χ2n) is 6.03. The molecular weight excluding hydrogens is 326 g/mol. The van der Waals surface area contributed by atoms with Crippen LogP contribution in [-0.2, 0) is 10.2 Å². The SMILES string of the molecule is O=C(Nc1nn(-c2cncc(F)c2)cc1F)C1(c2ccccc2)CC1. The van der Waals surface area contributed by atoms with Gasteiger partial charge in [0, 0.05) is 6.07 Å². The molecule has 3 aromatic rings. The van der Waals surface area contributed by atoms with Crippen LogP contribution in [0.3, 0.4) is 0 Å². The van der Waals surface area contributed by atoms with Crippen molar-refractivity contribution in [2.45, 2.75) is 18.3 Å². The first kappa shape index (κ1) is 15.4. The Morgan fingerprint density at radius 2 is 1.92 bits per heavy atom. The molecular formula is C18H14F2N4O. The summed E-state index contributed by atoms with van der Waals surface area (Å²) < 4.78 is 28.6. The van der Waals surface area contributed by atoms with E-state index in [9.17, 15) is 13.6 Å². The Bertz CT molecular complexity index is 935. The first-order valence-corrected chi connectivity index (χ1v) is 7.82. The molecule has 2 aromatic heterocycles. The number of carbonyl (C=O) groups is 1. The van der Waals surface area contributed by atoms with Crippen LogP contribution in [0.25, 0.3) is 5.69 Å². The van der Waals surface area contributed by atoms with Crippen molar-refractivity contribution in [3.63, 3.8) is 0 Å². The number of anilines is 1. The van der Waals surface area contributed by atoms with Gasteiger partial charge >= 0.3 is 0 Å². The van der Waals surface area contributed by atoms with E-state index >= 15 is 0 Å². The zero-order valence-corrected chi connectivity index (χ0v) is 13.1. The number of aromatic nitrogens is 3. The van der Waals surface area contributed by atoms with Gasteiger partial charge < -0.3 is 5.32 Å². The number of nitrogens with zero attached hydrogens (tertiary/aromatic N) is 3. The highest BCUT2D eigenvalue weighted by Crippen LogP contribution is 2.48. The lowest BCUT2D eigenvalue weighted by molar-refractivity contribution is -0.118. The molecule has 0 bridgehead atoms. The predicted octanol–water partition coefficient (Wildman–Crippen LogP) is 3.22. The third-order valence-electron chi connectivity index (χ3n) is 4.37. The van der Waals surface area contributed by atoms with Crippen molar-refractivity contribution in [1.82, 2.24) is 14.8 Å². The van der Waals surface area contributed by atoms with E-state index in [4.69, 9.17) is 0 Å². The molecule has 0 saturated heterocycles. The molecule has 4 rings (SSSR count). The summed E-state index contributed by atoms with van der Waals surface area (Å²) in [6.07, 6.45) is 4.89. The Kier molecular flexibility index (Phi) is 3.56. The van der Waals surface area contributed by atoms with Crippen LogP contribution in [0.15, 0.2) is 55.0 Å². The lowest BCUT2D eigenvalue weighted by Crippen LogP contribution is -2.28. The van der Waals surface area contributed by atoms with Crippen LogP contribution in [0.5, 0.6) is 0 Å². The number of hydrogen-bond donors (Lipinski definition) is 1. The van der Waals surface area contributed by atoms with Gasteiger partial charge in [0.1, 0.15) is 5.82 Å². The lowest BCUT2D eigenvalue weighted by Gasteiger charge is -2.14. The molecule has 0 aliphatic heterocycles. The highest BCUT2D eigenvalue weighted by molar-refractivity contribution is 6.00. The van der Waals surface area contributed by atoms with Gasteiger partial charge in [-0.05, 0) is 18.4 Å². The maximum Gasteiger partial charge on any atom is 0.236 e. The van der Waals surface area contributed by atoms with Gasteiger partial charge in [0.2, 0.25) is 5.91 Å². The number of pyridine rings is 1. The summed E-state index contributed by atoms with van der Waals surface area (Å²) in [5, 5.41) is 6.56. The van der Waals surface area contributed by atoms with Crippen molar-refractivity contribution in [3.8, 4) is 5.69 Å². The topological polar surface area (TPSA) is 59.8 Å². The smallest absolute Gasteiger partial charge is 0.236 e. The fourth-order valence-corrected chi connectivity index (χ4v) is 2.85. The van der Waals surface area contributed by atoms with Crippen LogP contribution < -0.4 is 5.32 Å². The predicted molar refractivity (Wildman–Crippen MR) is 87.3 cm³/mol. The third kappa shape index (κ3) is 2.77. The Balaban J connectivity index is 1.59. The Morgan fingerprint density at radius 3 is 2.60 bits per heavy atom. The quantitative estimate of drug-likeness (QED) is 0.793. The molecule has 0 unspecified atom stereocenters. The second-order valence-corrected chi connectivity index (χ2v) is 6.03. The number of nitrogens with one attached hydrogen (secondary N) is 1. The van der Waals surface area contributed by atoms with Crippen LogP contribution in [0.1, 0.15) is 18.4 Å². The molecule has 1 aliphatic carbocycles. The Morgan fingerprint density at radius 1 is 1.16 bits per heavy atom. The third-order valence-corrected chi connectivity index (χ3v) is 4.37. The summed E-state index contributed by atoms with van der Waals surface area (Å²) in [6.45, 7) is 0. The summed E-state index contributed by atoms with van der Waals surface area (Å²) in [6, 6.07) is 10.6. The first-order chi connectivity index (χ1) is 12.1. The largest absolute Gasteiger partial charge is 0.306 e. The molecule has 1 saturated carbocycles. The van der Waals surface area contributed by atoms with Crippen molar-refractivity contribution in [2.75, 3.05) is 5.32 Å². The van der Waals surface area contributed by atoms with E-state index in [1.54, 1.807) is 0 Å². The summed E-state index contributed by atoms with van der Waals surface area (Å²) in [7, 11) is 0. The van der Waals surface area contributed by atoms with Gasteiger partial charge in [-0.25, -0.2) is 13.5 Å². The average molecular weight is 340 g/mol. The average Bonchev–Trinajstić information content (AvgIpc) is 3.36. The van der Waals surface area contributed by atoms with Crippen molar-refractivity contribution < 1.29 is 13.6 Å². The monoisotopic (exact) mass is 340 g/mol. The normalized spacial score (nSPS) is 15.0. The van der Waals surface area contributed by atoms with Gasteiger partial charge in [-0.2, -0.15) is 0 Å². The minimum absolute atomic E-state index is 0.184. The number of benzene rings is 1. The number of halogens is 2. The van der Waals surface area contributed by atoms with Crippen molar-refractivity contribution in [1.29, 1.82) is 0 Å². The molecule has 126 valence electrons. The van der Waals surface area contributed by atoms with Gasteiger partial charge in [0.15, 0.2) is 11.6 Å². The highest BCUT2D eigenvalue weighted by Gasteiger charge is 2.51. The first-order valence-electron chi connectivity index (χ1n) is 7.82. The zero-order chi connectivity index (χ0) is 17.4. The molecule has 0 atom stereocenters. The number of hydrogen-bond acceptors (Lipinski definition) is 3. The van der Waals surface area contributed by atoms with Crippen molar-refractivity contribution in [2.24, 2.45) is 0 Å². The van der Waals surface area contributed by atoms with Crippen LogP contribution in [0, 0.1) is 11.6 Å². The summed E-state index contributed by atoms with van der Waals surface area (Å²) in [4.78, 5) is 16.4. The van der Waals surface area contributed by atoms with Crippen molar-refractivity contribution in [3.05, 3.63) is 72.2 Å². The molecule has 0 radical (unpaired) electrons. The molecule has 1 N–H and O–H groups in total. The maximum atomic E-state index is 14.2. The zero-order valence-electron chi connectivity index (χ0n) is 13.1. The summed E-state index contributed by atoms with van der Waals surface area (Å²) >= 11 is 0. The number of rotatable bonds is 4. The van der Waals surface area contributed by atoms with Crippen LogP contribution in [-0.4, -0.2) is 20.7 Å². The van der Waals surface area contributed by atoms with Gasteiger partial charge in [0.25, 0.3) is 0 Å². The van der Waals surface area contributed by atoms with E-state index in [0.29, 0.717) is 12.8 Å². The summed E-state index contributed by atoms with van der Waals surface area (Å²) in [5.41, 5.74) is 0.544. The minimum atomic E-state index is -0.693. The van der Waals surface area contributed by atoms with E-state index in [1.165, 1.54) is 12.3 Å². The highest BCUT2D eigenvalue weighted by atomic mass is 19.1. The molecule has 1 aliphatic rings. The van der Waals surface area contributed by atoms with E-state index in [-0.39, 0.29) is 17.4 Å².